The van der Waals surface area contributed by atoms with Gasteiger partial charge in [-0.2, -0.15) is 0 Å². The van der Waals surface area contributed by atoms with Crippen LogP contribution < -0.4 is 16.0 Å². The number of hydrogen-bond acceptors (Lipinski definition) is 4. The van der Waals surface area contributed by atoms with Gasteiger partial charge in [0, 0.05) is 12.6 Å². The summed E-state index contributed by atoms with van der Waals surface area (Å²) in [7, 11) is 0. The third-order valence-corrected chi connectivity index (χ3v) is 4.69. The van der Waals surface area contributed by atoms with Gasteiger partial charge in [-0.25, -0.2) is 0 Å². The number of aryl methyl sites for hydroxylation is 1. The number of benzene rings is 2. The van der Waals surface area contributed by atoms with E-state index >= 15 is 0 Å². The van der Waals surface area contributed by atoms with E-state index in [1.807, 2.05) is 54.6 Å². The van der Waals surface area contributed by atoms with Crippen molar-refractivity contribution in [1.82, 2.24) is 10.6 Å². The van der Waals surface area contributed by atoms with Gasteiger partial charge in [0.25, 0.3) is 0 Å². The van der Waals surface area contributed by atoms with Gasteiger partial charge in [-0.15, -0.1) is 0 Å². The van der Waals surface area contributed by atoms with Crippen LogP contribution in [0.1, 0.15) is 31.4 Å². The van der Waals surface area contributed by atoms with E-state index in [-0.39, 0.29) is 11.8 Å². The Morgan fingerprint density at radius 1 is 0.933 bits per heavy atom. The fourth-order valence-electron chi connectivity index (χ4n) is 3.01. The summed E-state index contributed by atoms with van der Waals surface area (Å²) in [6, 6.07) is 16.0. The maximum Gasteiger partial charge on any atom is 0.325 e. The number of carboxylic acids is 1. The maximum absolute atomic E-state index is 12.6. The van der Waals surface area contributed by atoms with Crippen molar-refractivity contribution < 1.29 is 19.5 Å². The number of anilines is 1. The second-order valence-electron chi connectivity index (χ2n) is 7.23. The predicted molar refractivity (Wildman–Crippen MR) is 116 cm³/mol. The number of hydrogen-bond donors (Lipinski definition) is 4. The second-order valence-corrected chi connectivity index (χ2v) is 7.23. The average Bonchev–Trinajstić information content (AvgIpc) is 2.71. The molecule has 0 aliphatic carbocycles. The van der Waals surface area contributed by atoms with Gasteiger partial charge in [0.1, 0.15) is 6.04 Å². The van der Waals surface area contributed by atoms with Gasteiger partial charge in [-0.1, -0.05) is 42.5 Å². The zero-order chi connectivity index (χ0) is 21.9. The largest absolute Gasteiger partial charge is 0.480 e. The Kier molecular flexibility index (Phi) is 9.03. The topological polar surface area (TPSA) is 108 Å². The molecule has 0 spiro atoms. The highest BCUT2D eigenvalue weighted by Gasteiger charge is 2.22. The molecule has 0 radical (unpaired) electrons. The van der Waals surface area contributed by atoms with Crippen molar-refractivity contribution in [3.8, 4) is 0 Å². The summed E-state index contributed by atoms with van der Waals surface area (Å²) in [6.07, 6.45) is 1.96. The molecule has 2 aromatic carbocycles. The van der Waals surface area contributed by atoms with Crippen molar-refractivity contribution in [3.63, 3.8) is 0 Å². The van der Waals surface area contributed by atoms with Crippen LogP contribution in [0.25, 0.3) is 0 Å². The summed E-state index contributed by atoms with van der Waals surface area (Å²) in [5.74, 6) is -1.50. The third kappa shape index (κ3) is 8.05. The summed E-state index contributed by atoms with van der Waals surface area (Å²) in [4.78, 5) is 34.8. The van der Waals surface area contributed by atoms with Crippen LogP contribution in [0.2, 0.25) is 0 Å². The second kappa shape index (κ2) is 11.7. The summed E-state index contributed by atoms with van der Waals surface area (Å²) in [6.45, 7) is 3.47. The molecule has 2 atom stereocenters. The van der Waals surface area contributed by atoms with Gasteiger partial charge in [-0.05, 0) is 56.0 Å². The van der Waals surface area contributed by atoms with Crippen molar-refractivity contribution >= 4 is 23.5 Å². The molecule has 160 valence electrons. The molecule has 0 bridgehead atoms. The van der Waals surface area contributed by atoms with Crippen LogP contribution in [0.5, 0.6) is 0 Å². The maximum atomic E-state index is 12.6. The summed E-state index contributed by atoms with van der Waals surface area (Å²) in [5.41, 5.74) is 2.93. The highest BCUT2D eigenvalue weighted by atomic mass is 16.4. The lowest BCUT2D eigenvalue weighted by molar-refractivity contribution is -0.141. The molecule has 0 saturated carbocycles. The molecule has 2 amide bonds. The van der Waals surface area contributed by atoms with Gasteiger partial charge in [0.15, 0.2) is 0 Å². The Bertz CT molecular complexity index is 837. The van der Waals surface area contributed by atoms with Crippen LogP contribution in [0.15, 0.2) is 54.6 Å². The van der Waals surface area contributed by atoms with Crippen LogP contribution >= 0.6 is 0 Å². The first kappa shape index (κ1) is 23.1. The van der Waals surface area contributed by atoms with E-state index in [4.69, 9.17) is 5.11 Å². The van der Waals surface area contributed by atoms with E-state index in [0.29, 0.717) is 25.8 Å². The highest BCUT2D eigenvalue weighted by Crippen LogP contribution is 2.10. The lowest BCUT2D eigenvalue weighted by Crippen LogP contribution is -2.49. The molecule has 7 nitrogen and oxygen atoms in total. The van der Waals surface area contributed by atoms with Gasteiger partial charge in [0.2, 0.25) is 11.8 Å². The zero-order valence-electron chi connectivity index (χ0n) is 17.4. The van der Waals surface area contributed by atoms with Crippen LogP contribution in [0.3, 0.4) is 0 Å². The van der Waals surface area contributed by atoms with Crippen LogP contribution in [-0.4, -0.2) is 41.5 Å². The van der Waals surface area contributed by atoms with Crippen molar-refractivity contribution in [2.75, 3.05) is 11.9 Å². The standard InChI is InChI=1S/C23H29N3O4/c1-16(23(29)30)25-22(28)21(13-10-18-6-4-3-5-7-18)24-15-14-19-8-11-20(12-9-19)26-17(2)27/h3-9,11-12,16,21,24H,10,13-15H2,1-2H3,(H,25,28)(H,26,27)(H,29,30)/t16-,21+/m0/s1. The molecule has 0 aliphatic heterocycles. The smallest absolute Gasteiger partial charge is 0.325 e. The lowest BCUT2D eigenvalue weighted by atomic mass is 10.0. The van der Waals surface area contributed by atoms with Crippen molar-refractivity contribution in [3.05, 3.63) is 65.7 Å². The van der Waals surface area contributed by atoms with E-state index < -0.39 is 18.1 Å². The van der Waals surface area contributed by atoms with Gasteiger partial charge >= 0.3 is 5.97 Å². The van der Waals surface area contributed by atoms with E-state index in [1.54, 1.807) is 0 Å². The first-order valence-electron chi connectivity index (χ1n) is 10.0. The Morgan fingerprint density at radius 2 is 1.57 bits per heavy atom. The number of carbonyl (C=O) groups is 3. The molecule has 2 rings (SSSR count). The van der Waals surface area contributed by atoms with Crippen molar-refractivity contribution in [2.45, 2.75) is 45.2 Å². The van der Waals surface area contributed by atoms with Gasteiger partial charge in [0.05, 0.1) is 6.04 Å². The fourth-order valence-corrected chi connectivity index (χ4v) is 3.01. The van der Waals surface area contributed by atoms with Crippen molar-refractivity contribution in [1.29, 1.82) is 0 Å². The van der Waals surface area contributed by atoms with Crippen LogP contribution in [0.4, 0.5) is 5.69 Å². The summed E-state index contributed by atoms with van der Waals surface area (Å²) < 4.78 is 0. The first-order valence-corrected chi connectivity index (χ1v) is 10.0. The highest BCUT2D eigenvalue weighted by molar-refractivity contribution is 5.88. The normalized spacial score (nSPS) is 12.6. The van der Waals surface area contributed by atoms with E-state index in [1.165, 1.54) is 13.8 Å². The molecule has 7 heteroatoms. The number of carboxylic acid groups (broad SMARTS) is 1. The minimum absolute atomic E-state index is 0.118. The van der Waals surface area contributed by atoms with Gasteiger partial charge in [-0.3, -0.25) is 14.4 Å². The molecule has 0 aromatic heterocycles. The van der Waals surface area contributed by atoms with Crippen molar-refractivity contribution in [2.24, 2.45) is 0 Å². The quantitative estimate of drug-likeness (QED) is 0.454. The van der Waals surface area contributed by atoms with Gasteiger partial charge < -0.3 is 21.1 Å². The Balaban J connectivity index is 1.93. The third-order valence-electron chi connectivity index (χ3n) is 4.69. The van der Waals surface area contributed by atoms with E-state index in [2.05, 4.69) is 16.0 Å². The Morgan fingerprint density at radius 3 is 2.17 bits per heavy atom. The van der Waals surface area contributed by atoms with Crippen LogP contribution in [-0.2, 0) is 27.2 Å². The predicted octanol–water partition coefficient (Wildman–Crippen LogP) is 2.37. The molecule has 0 unspecified atom stereocenters. The monoisotopic (exact) mass is 411 g/mol. The number of aliphatic carboxylic acids is 1. The zero-order valence-corrected chi connectivity index (χ0v) is 17.4. The molecule has 0 aliphatic rings. The summed E-state index contributed by atoms with van der Waals surface area (Å²) >= 11 is 0. The molecular weight excluding hydrogens is 382 g/mol. The number of nitrogens with one attached hydrogen (secondary N) is 3. The fraction of sp³-hybridized carbons (Fsp3) is 0.348. The number of rotatable bonds is 11. The Hall–Kier alpha value is -3.19. The molecular formula is C23H29N3O4. The average molecular weight is 412 g/mol. The van der Waals surface area contributed by atoms with E-state index in [9.17, 15) is 14.4 Å². The molecule has 4 N–H and O–H groups in total. The minimum atomic E-state index is -1.07. The van der Waals surface area contributed by atoms with E-state index in [0.717, 1.165) is 16.8 Å². The number of carbonyl (C=O) groups excluding carboxylic acids is 2. The number of amides is 2. The molecule has 30 heavy (non-hydrogen) atoms. The summed E-state index contributed by atoms with van der Waals surface area (Å²) in [5, 5.41) is 17.6. The molecule has 0 heterocycles. The SMILES string of the molecule is CC(=O)Nc1ccc(CCN[C@H](CCc2ccccc2)C(=O)N[C@@H](C)C(=O)O)cc1. The van der Waals surface area contributed by atoms with Crippen LogP contribution in [0, 0.1) is 0 Å². The Labute approximate surface area is 176 Å². The lowest BCUT2D eigenvalue weighted by Gasteiger charge is -2.20. The molecule has 0 saturated heterocycles. The first-order chi connectivity index (χ1) is 14.3. The minimum Gasteiger partial charge on any atom is -0.480 e. The molecule has 2 aromatic rings. The molecule has 0 fully saturated rings.